The Labute approximate surface area is 152 Å². The molecule has 1 heterocycles. The van der Waals surface area contributed by atoms with Crippen molar-refractivity contribution in [1.82, 2.24) is 0 Å². The minimum atomic E-state index is -0.810. The molecule has 2 atom stereocenters. The van der Waals surface area contributed by atoms with E-state index in [9.17, 15) is 0 Å². The van der Waals surface area contributed by atoms with E-state index in [1.54, 1.807) is 18.2 Å². The van der Waals surface area contributed by atoms with E-state index in [2.05, 4.69) is 13.8 Å². The van der Waals surface area contributed by atoms with Gasteiger partial charge in [0.25, 0.3) is 0 Å². The van der Waals surface area contributed by atoms with E-state index in [4.69, 9.17) is 37.4 Å². The molecule has 0 bridgehead atoms. The van der Waals surface area contributed by atoms with Crippen LogP contribution in [-0.2, 0) is 15.3 Å². The molecular weight excluding hydrogens is 347 g/mol. The summed E-state index contributed by atoms with van der Waals surface area (Å²) in [5, 5.41) is 1.23. The van der Waals surface area contributed by atoms with Crippen molar-refractivity contribution in [2.75, 3.05) is 6.61 Å². The average molecular weight is 367 g/mol. The first-order valence-electron chi connectivity index (χ1n) is 7.96. The second kappa shape index (κ2) is 6.93. The van der Waals surface area contributed by atoms with Crippen molar-refractivity contribution in [2.45, 2.75) is 32.7 Å². The SMILES string of the molecule is CC1COC(c2ccc(Oc3ccc(Cl)cc3)cc2Cl)(C(C)C)O1. The number of hydrogen-bond donors (Lipinski definition) is 0. The number of halogens is 2. The quantitative estimate of drug-likeness (QED) is 0.660. The second-order valence-electron chi connectivity index (χ2n) is 6.26. The first kappa shape index (κ1) is 17.6. The van der Waals surface area contributed by atoms with Gasteiger partial charge in [0.05, 0.1) is 17.7 Å². The molecule has 0 radical (unpaired) electrons. The van der Waals surface area contributed by atoms with Crippen LogP contribution in [0.25, 0.3) is 0 Å². The number of hydrogen-bond acceptors (Lipinski definition) is 3. The summed E-state index contributed by atoms with van der Waals surface area (Å²) < 4.78 is 17.9. The Bertz CT molecular complexity index is 715. The van der Waals surface area contributed by atoms with E-state index < -0.39 is 5.79 Å². The third kappa shape index (κ3) is 3.40. The highest BCUT2D eigenvalue weighted by molar-refractivity contribution is 6.31. The number of ether oxygens (including phenoxy) is 3. The zero-order chi connectivity index (χ0) is 17.3. The molecule has 0 saturated carbocycles. The lowest BCUT2D eigenvalue weighted by atomic mass is 9.94. The molecule has 3 rings (SSSR count). The van der Waals surface area contributed by atoms with Gasteiger partial charge in [0.15, 0.2) is 5.79 Å². The summed E-state index contributed by atoms with van der Waals surface area (Å²) in [6, 6.07) is 12.7. The first-order valence-corrected chi connectivity index (χ1v) is 8.71. The van der Waals surface area contributed by atoms with E-state index in [1.807, 2.05) is 31.2 Å². The van der Waals surface area contributed by atoms with Crippen molar-refractivity contribution in [3.05, 3.63) is 58.1 Å². The monoisotopic (exact) mass is 366 g/mol. The maximum atomic E-state index is 6.52. The minimum Gasteiger partial charge on any atom is -0.457 e. The molecular formula is C19H20Cl2O3. The van der Waals surface area contributed by atoms with E-state index in [-0.39, 0.29) is 12.0 Å². The van der Waals surface area contributed by atoms with Gasteiger partial charge in [0.2, 0.25) is 0 Å². The van der Waals surface area contributed by atoms with Crippen LogP contribution >= 0.6 is 23.2 Å². The lowest BCUT2D eigenvalue weighted by Gasteiger charge is -2.33. The molecule has 2 aromatic carbocycles. The molecule has 128 valence electrons. The Morgan fingerprint density at radius 1 is 1.08 bits per heavy atom. The summed E-state index contributed by atoms with van der Waals surface area (Å²) in [7, 11) is 0. The highest BCUT2D eigenvalue weighted by Gasteiger charge is 2.45. The smallest absolute Gasteiger partial charge is 0.199 e. The maximum Gasteiger partial charge on any atom is 0.199 e. The van der Waals surface area contributed by atoms with Crippen LogP contribution in [-0.4, -0.2) is 12.7 Å². The Kier molecular flexibility index (Phi) is 5.07. The predicted octanol–water partition coefficient (Wildman–Crippen LogP) is 6.03. The molecule has 0 aliphatic carbocycles. The molecule has 0 aromatic heterocycles. The maximum absolute atomic E-state index is 6.52. The molecule has 1 aliphatic rings. The molecule has 5 heteroatoms. The van der Waals surface area contributed by atoms with Gasteiger partial charge in [-0.15, -0.1) is 0 Å². The van der Waals surface area contributed by atoms with Gasteiger partial charge in [-0.2, -0.15) is 0 Å². The molecule has 3 nitrogen and oxygen atoms in total. The van der Waals surface area contributed by atoms with Crippen molar-refractivity contribution in [3.63, 3.8) is 0 Å². The summed E-state index contributed by atoms with van der Waals surface area (Å²) in [5.41, 5.74) is 0.826. The summed E-state index contributed by atoms with van der Waals surface area (Å²) in [4.78, 5) is 0. The molecule has 1 saturated heterocycles. The topological polar surface area (TPSA) is 27.7 Å². The summed E-state index contributed by atoms with van der Waals surface area (Å²) in [6.07, 6.45) is 0.0356. The largest absolute Gasteiger partial charge is 0.457 e. The molecule has 2 aromatic rings. The van der Waals surface area contributed by atoms with Gasteiger partial charge >= 0.3 is 0 Å². The first-order chi connectivity index (χ1) is 11.4. The molecule has 24 heavy (non-hydrogen) atoms. The highest BCUT2D eigenvalue weighted by Crippen LogP contribution is 2.44. The molecule has 0 spiro atoms. The average Bonchev–Trinajstić information content (AvgIpc) is 2.93. The van der Waals surface area contributed by atoms with E-state index in [0.29, 0.717) is 28.2 Å². The fraction of sp³-hybridized carbons (Fsp3) is 0.368. The van der Waals surface area contributed by atoms with E-state index >= 15 is 0 Å². The van der Waals surface area contributed by atoms with Crippen molar-refractivity contribution < 1.29 is 14.2 Å². The minimum absolute atomic E-state index is 0.0356. The zero-order valence-electron chi connectivity index (χ0n) is 13.9. The Morgan fingerprint density at radius 3 is 2.29 bits per heavy atom. The fourth-order valence-corrected chi connectivity index (χ4v) is 3.27. The van der Waals surface area contributed by atoms with Crippen LogP contribution < -0.4 is 4.74 Å². The fourth-order valence-electron chi connectivity index (χ4n) is 2.84. The normalized spacial score (nSPS) is 23.7. The van der Waals surface area contributed by atoms with Crippen LogP contribution in [0.3, 0.4) is 0 Å². The summed E-state index contributed by atoms with van der Waals surface area (Å²) >= 11 is 12.4. The van der Waals surface area contributed by atoms with Gasteiger partial charge < -0.3 is 14.2 Å². The highest BCUT2D eigenvalue weighted by atomic mass is 35.5. The number of benzene rings is 2. The van der Waals surface area contributed by atoms with Gasteiger partial charge in [0.1, 0.15) is 11.5 Å². The van der Waals surface area contributed by atoms with E-state index in [0.717, 1.165) is 5.56 Å². The Balaban J connectivity index is 1.88. The van der Waals surface area contributed by atoms with Crippen molar-refractivity contribution >= 4 is 23.2 Å². The molecule has 1 aliphatic heterocycles. The van der Waals surface area contributed by atoms with Crippen LogP contribution in [0, 0.1) is 5.92 Å². The van der Waals surface area contributed by atoms with Gasteiger partial charge in [-0.3, -0.25) is 0 Å². The predicted molar refractivity (Wildman–Crippen MR) is 96.0 cm³/mol. The van der Waals surface area contributed by atoms with Gasteiger partial charge in [-0.1, -0.05) is 37.0 Å². The zero-order valence-corrected chi connectivity index (χ0v) is 15.4. The third-order valence-electron chi connectivity index (χ3n) is 4.03. The van der Waals surface area contributed by atoms with Crippen LogP contribution in [0.5, 0.6) is 11.5 Å². The lowest BCUT2D eigenvalue weighted by Crippen LogP contribution is -2.34. The summed E-state index contributed by atoms with van der Waals surface area (Å²) in [6.45, 7) is 6.67. The molecule has 0 amide bonds. The van der Waals surface area contributed by atoms with Gasteiger partial charge in [-0.25, -0.2) is 0 Å². The van der Waals surface area contributed by atoms with Crippen LogP contribution in [0.1, 0.15) is 26.3 Å². The molecule has 1 fully saturated rings. The standard InChI is InChI=1S/C19H20Cl2O3/c1-12(2)19(22-11-13(3)24-19)17-9-8-16(10-18(17)21)23-15-6-4-14(20)5-7-15/h4-10,12-13H,11H2,1-3H3. The van der Waals surface area contributed by atoms with Gasteiger partial charge in [-0.05, 0) is 49.4 Å². The van der Waals surface area contributed by atoms with Crippen LogP contribution in [0.2, 0.25) is 10.0 Å². The summed E-state index contributed by atoms with van der Waals surface area (Å²) in [5.74, 6) is 0.665. The van der Waals surface area contributed by atoms with Crippen molar-refractivity contribution in [1.29, 1.82) is 0 Å². The Hall–Kier alpha value is -1.26. The second-order valence-corrected chi connectivity index (χ2v) is 7.10. The van der Waals surface area contributed by atoms with Crippen molar-refractivity contribution in [3.8, 4) is 11.5 Å². The van der Waals surface area contributed by atoms with E-state index in [1.165, 1.54) is 0 Å². The number of rotatable bonds is 4. The third-order valence-corrected chi connectivity index (χ3v) is 4.60. The Morgan fingerprint density at radius 2 is 1.75 bits per heavy atom. The van der Waals surface area contributed by atoms with Crippen LogP contribution in [0.4, 0.5) is 0 Å². The van der Waals surface area contributed by atoms with Crippen LogP contribution in [0.15, 0.2) is 42.5 Å². The molecule has 0 N–H and O–H groups in total. The van der Waals surface area contributed by atoms with Gasteiger partial charge in [0, 0.05) is 16.5 Å². The molecule has 2 unspecified atom stereocenters. The van der Waals surface area contributed by atoms with Crippen molar-refractivity contribution in [2.24, 2.45) is 5.92 Å². The lowest BCUT2D eigenvalue weighted by molar-refractivity contribution is -0.205.